The SMILES string of the molecule is CC(C)(C)CCNc1ncc(F)cc1C(=O)O. The van der Waals surface area contributed by atoms with E-state index in [0.29, 0.717) is 6.54 Å². The quantitative estimate of drug-likeness (QED) is 0.849. The van der Waals surface area contributed by atoms with Crippen molar-refractivity contribution in [2.75, 3.05) is 11.9 Å². The summed E-state index contributed by atoms with van der Waals surface area (Å²) in [6, 6.07) is 0.967. The normalized spacial score (nSPS) is 11.3. The van der Waals surface area contributed by atoms with Gasteiger partial charge < -0.3 is 10.4 Å². The van der Waals surface area contributed by atoms with Gasteiger partial charge in [0.2, 0.25) is 0 Å². The average Bonchev–Trinajstić information content (AvgIpc) is 2.18. The summed E-state index contributed by atoms with van der Waals surface area (Å²) in [6.07, 6.45) is 1.87. The van der Waals surface area contributed by atoms with Gasteiger partial charge in [-0.2, -0.15) is 0 Å². The number of nitrogens with zero attached hydrogens (tertiary/aromatic N) is 1. The molecule has 5 heteroatoms. The van der Waals surface area contributed by atoms with Gasteiger partial charge in [0.15, 0.2) is 0 Å². The number of anilines is 1. The van der Waals surface area contributed by atoms with Gasteiger partial charge in [-0.1, -0.05) is 20.8 Å². The monoisotopic (exact) mass is 240 g/mol. The van der Waals surface area contributed by atoms with E-state index in [4.69, 9.17) is 5.11 Å². The highest BCUT2D eigenvalue weighted by Gasteiger charge is 2.14. The van der Waals surface area contributed by atoms with Gasteiger partial charge in [0, 0.05) is 6.54 Å². The minimum absolute atomic E-state index is 0.140. The lowest BCUT2D eigenvalue weighted by atomic mass is 9.92. The van der Waals surface area contributed by atoms with Crippen LogP contribution in [0.25, 0.3) is 0 Å². The lowest BCUT2D eigenvalue weighted by Crippen LogP contribution is -2.15. The highest BCUT2D eigenvalue weighted by Crippen LogP contribution is 2.19. The van der Waals surface area contributed by atoms with Gasteiger partial charge in [-0.25, -0.2) is 14.2 Å². The Morgan fingerprint density at radius 1 is 1.53 bits per heavy atom. The molecule has 0 aliphatic rings. The van der Waals surface area contributed by atoms with Gasteiger partial charge in [-0.3, -0.25) is 0 Å². The molecule has 0 fully saturated rings. The molecular formula is C12H17FN2O2. The molecule has 0 saturated carbocycles. The summed E-state index contributed by atoms with van der Waals surface area (Å²) in [5.74, 6) is -1.62. The smallest absolute Gasteiger partial charge is 0.339 e. The third-order valence-electron chi connectivity index (χ3n) is 2.25. The number of carboxylic acids is 1. The summed E-state index contributed by atoms with van der Waals surface area (Å²) in [5, 5.41) is 11.8. The highest BCUT2D eigenvalue weighted by atomic mass is 19.1. The van der Waals surface area contributed by atoms with Gasteiger partial charge in [0.25, 0.3) is 0 Å². The number of aromatic nitrogens is 1. The van der Waals surface area contributed by atoms with Crippen molar-refractivity contribution in [3.63, 3.8) is 0 Å². The Labute approximate surface area is 99.9 Å². The molecule has 0 spiro atoms. The van der Waals surface area contributed by atoms with E-state index >= 15 is 0 Å². The Bertz CT molecular complexity index is 413. The van der Waals surface area contributed by atoms with Crippen LogP contribution < -0.4 is 5.32 Å². The molecule has 1 aromatic heterocycles. The first-order chi connectivity index (χ1) is 7.79. The largest absolute Gasteiger partial charge is 0.478 e. The van der Waals surface area contributed by atoms with Gasteiger partial charge in [-0.15, -0.1) is 0 Å². The first-order valence-electron chi connectivity index (χ1n) is 5.42. The molecule has 17 heavy (non-hydrogen) atoms. The van der Waals surface area contributed by atoms with Crippen molar-refractivity contribution in [1.82, 2.24) is 4.98 Å². The number of hydrogen-bond acceptors (Lipinski definition) is 3. The molecule has 0 radical (unpaired) electrons. The van der Waals surface area contributed by atoms with Crippen molar-refractivity contribution in [2.45, 2.75) is 27.2 Å². The standard InChI is InChI=1S/C12H17FN2O2/c1-12(2,3)4-5-14-10-9(11(16)17)6-8(13)7-15-10/h6-7H,4-5H2,1-3H3,(H,14,15)(H,16,17). The number of rotatable bonds is 4. The number of carboxylic acid groups (broad SMARTS) is 1. The zero-order chi connectivity index (χ0) is 13.1. The minimum Gasteiger partial charge on any atom is -0.478 e. The molecule has 0 bridgehead atoms. The van der Waals surface area contributed by atoms with E-state index < -0.39 is 11.8 Å². The van der Waals surface area contributed by atoms with Crippen LogP contribution in [0.15, 0.2) is 12.3 Å². The zero-order valence-corrected chi connectivity index (χ0v) is 10.2. The molecule has 0 unspecified atom stereocenters. The fraction of sp³-hybridized carbons (Fsp3) is 0.500. The van der Waals surface area contributed by atoms with Crippen LogP contribution in [0.1, 0.15) is 37.6 Å². The first kappa shape index (κ1) is 13.4. The molecule has 2 N–H and O–H groups in total. The van der Waals surface area contributed by atoms with Crippen LogP contribution in [0.2, 0.25) is 0 Å². The maximum absolute atomic E-state index is 12.9. The van der Waals surface area contributed by atoms with Crippen LogP contribution in [0.3, 0.4) is 0 Å². The van der Waals surface area contributed by atoms with Gasteiger partial charge in [0.1, 0.15) is 17.2 Å². The van der Waals surface area contributed by atoms with Crippen molar-refractivity contribution >= 4 is 11.8 Å². The lowest BCUT2D eigenvalue weighted by Gasteiger charge is -2.18. The minimum atomic E-state index is -1.18. The van der Waals surface area contributed by atoms with Crippen molar-refractivity contribution < 1.29 is 14.3 Å². The summed E-state index contributed by atoms with van der Waals surface area (Å²) in [6.45, 7) is 6.86. The lowest BCUT2D eigenvalue weighted by molar-refractivity contribution is 0.0697. The van der Waals surface area contributed by atoms with Crippen LogP contribution in [0.4, 0.5) is 10.2 Å². The van der Waals surface area contributed by atoms with Gasteiger partial charge in [0.05, 0.1) is 6.20 Å². The molecule has 94 valence electrons. The second kappa shape index (κ2) is 5.12. The summed E-state index contributed by atoms with van der Waals surface area (Å²) >= 11 is 0. The van der Waals surface area contributed by atoms with Crippen molar-refractivity contribution in [1.29, 1.82) is 0 Å². The van der Waals surface area contributed by atoms with Crippen LogP contribution in [0, 0.1) is 11.2 Å². The molecule has 0 aromatic carbocycles. The molecule has 0 atom stereocenters. The fourth-order valence-electron chi connectivity index (χ4n) is 1.30. The number of pyridine rings is 1. The van der Waals surface area contributed by atoms with Crippen LogP contribution >= 0.6 is 0 Å². The van der Waals surface area contributed by atoms with Crippen molar-refractivity contribution in [3.8, 4) is 0 Å². The Hall–Kier alpha value is -1.65. The number of carbonyl (C=O) groups is 1. The van der Waals surface area contributed by atoms with E-state index in [2.05, 4.69) is 31.1 Å². The van der Waals surface area contributed by atoms with Gasteiger partial charge >= 0.3 is 5.97 Å². The number of nitrogens with one attached hydrogen (secondary N) is 1. The molecule has 4 nitrogen and oxygen atoms in total. The fourth-order valence-corrected chi connectivity index (χ4v) is 1.30. The maximum Gasteiger partial charge on any atom is 0.339 e. The second-order valence-corrected chi connectivity index (χ2v) is 5.09. The third-order valence-corrected chi connectivity index (χ3v) is 2.25. The van der Waals surface area contributed by atoms with E-state index in [-0.39, 0.29) is 16.8 Å². The highest BCUT2D eigenvalue weighted by molar-refractivity contribution is 5.93. The molecule has 0 amide bonds. The van der Waals surface area contributed by atoms with E-state index in [1.54, 1.807) is 0 Å². The van der Waals surface area contributed by atoms with E-state index in [1.807, 2.05) is 0 Å². The van der Waals surface area contributed by atoms with Crippen LogP contribution in [0.5, 0.6) is 0 Å². The predicted molar refractivity (Wildman–Crippen MR) is 63.7 cm³/mol. The van der Waals surface area contributed by atoms with E-state index in [0.717, 1.165) is 18.7 Å². The molecule has 0 aliphatic carbocycles. The first-order valence-corrected chi connectivity index (χ1v) is 5.42. The van der Waals surface area contributed by atoms with Crippen molar-refractivity contribution in [2.24, 2.45) is 5.41 Å². The number of halogens is 1. The van der Waals surface area contributed by atoms with Crippen LogP contribution in [-0.2, 0) is 0 Å². The summed E-state index contributed by atoms with van der Waals surface area (Å²) < 4.78 is 12.9. The number of aromatic carboxylic acids is 1. The molecule has 1 heterocycles. The Morgan fingerprint density at radius 3 is 2.71 bits per heavy atom. The second-order valence-electron chi connectivity index (χ2n) is 5.09. The topological polar surface area (TPSA) is 62.2 Å². The molecule has 1 rings (SSSR count). The summed E-state index contributed by atoms with van der Waals surface area (Å²) in [5.41, 5.74) is 0.00932. The Morgan fingerprint density at radius 2 is 2.18 bits per heavy atom. The Balaban J connectivity index is 2.74. The predicted octanol–water partition coefficient (Wildman–Crippen LogP) is 2.77. The Kier molecular flexibility index (Phi) is 4.04. The summed E-state index contributed by atoms with van der Waals surface area (Å²) in [7, 11) is 0. The number of hydrogen-bond donors (Lipinski definition) is 2. The van der Waals surface area contributed by atoms with E-state index in [1.165, 1.54) is 0 Å². The average molecular weight is 240 g/mol. The summed E-state index contributed by atoms with van der Waals surface area (Å²) in [4.78, 5) is 14.6. The molecular weight excluding hydrogens is 223 g/mol. The zero-order valence-electron chi connectivity index (χ0n) is 10.2. The third kappa shape index (κ3) is 4.38. The van der Waals surface area contributed by atoms with Crippen molar-refractivity contribution in [3.05, 3.63) is 23.6 Å². The molecule has 0 saturated heterocycles. The maximum atomic E-state index is 12.9. The molecule has 0 aliphatic heterocycles. The van der Waals surface area contributed by atoms with Crippen LogP contribution in [-0.4, -0.2) is 22.6 Å². The van der Waals surface area contributed by atoms with Gasteiger partial charge in [-0.05, 0) is 17.9 Å². The molecule has 1 aromatic rings. The van der Waals surface area contributed by atoms with E-state index in [9.17, 15) is 9.18 Å².